The standard InChI is InChI=1S/C27H33FN8O/c1-18(2)35-25(37)21-17-29-26(30-19-9-11-20(12-10-19)34-15-13-33(5)14-16-34)32-24(21)36(35)23-8-6-7-22(31-23)27(3,4)28/h6-12,17-18H,13-16H2,1-5H3,(H,29,30,32). The van der Waals surface area contributed by atoms with E-state index in [1.807, 2.05) is 26.0 Å². The third-order valence-electron chi connectivity index (χ3n) is 6.66. The first kappa shape index (κ1) is 24.9. The summed E-state index contributed by atoms with van der Waals surface area (Å²) in [6.07, 6.45) is 1.53. The molecule has 0 amide bonds. The van der Waals surface area contributed by atoms with Crippen molar-refractivity contribution in [3.05, 3.63) is 64.7 Å². The van der Waals surface area contributed by atoms with Crippen molar-refractivity contribution in [1.82, 2.24) is 29.2 Å². The molecule has 0 radical (unpaired) electrons. The van der Waals surface area contributed by atoms with E-state index < -0.39 is 5.67 Å². The van der Waals surface area contributed by atoms with E-state index in [0.717, 1.165) is 31.9 Å². The molecule has 0 saturated carbocycles. The predicted octanol–water partition coefficient (Wildman–Crippen LogP) is 4.26. The molecule has 0 spiro atoms. The van der Waals surface area contributed by atoms with Crippen molar-refractivity contribution in [3.63, 3.8) is 0 Å². The third-order valence-corrected chi connectivity index (χ3v) is 6.66. The number of nitrogens with zero attached hydrogens (tertiary/aromatic N) is 7. The van der Waals surface area contributed by atoms with E-state index in [1.165, 1.54) is 25.7 Å². The summed E-state index contributed by atoms with van der Waals surface area (Å²) in [5.74, 6) is 0.779. The monoisotopic (exact) mass is 504 g/mol. The van der Waals surface area contributed by atoms with Gasteiger partial charge in [0, 0.05) is 49.8 Å². The summed E-state index contributed by atoms with van der Waals surface area (Å²) in [7, 11) is 2.14. The molecular weight excluding hydrogens is 471 g/mol. The Bertz CT molecular complexity index is 1460. The lowest BCUT2D eigenvalue weighted by molar-refractivity contribution is 0.214. The van der Waals surface area contributed by atoms with Crippen LogP contribution in [0, 0.1) is 0 Å². The Hall–Kier alpha value is -3.79. The van der Waals surface area contributed by atoms with E-state index in [9.17, 15) is 9.18 Å². The summed E-state index contributed by atoms with van der Waals surface area (Å²) in [6.45, 7) is 10.8. The maximum atomic E-state index is 14.7. The van der Waals surface area contributed by atoms with Crippen LogP contribution in [0.3, 0.4) is 0 Å². The Balaban J connectivity index is 1.51. The lowest BCUT2D eigenvalue weighted by Crippen LogP contribution is -2.44. The molecule has 3 aromatic heterocycles. The zero-order valence-corrected chi connectivity index (χ0v) is 21.9. The number of pyridine rings is 1. The number of piperazine rings is 1. The molecule has 1 fully saturated rings. The average molecular weight is 505 g/mol. The number of likely N-dealkylation sites (N-methyl/N-ethyl adjacent to an activating group) is 1. The molecule has 10 heteroatoms. The van der Waals surface area contributed by atoms with Gasteiger partial charge in [-0.25, -0.2) is 23.7 Å². The van der Waals surface area contributed by atoms with E-state index in [4.69, 9.17) is 4.98 Å². The number of benzene rings is 1. The van der Waals surface area contributed by atoms with Crippen LogP contribution in [0.1, 0.15) is 39.4 Å². The minimum atomic E-state index is -1.63. The van der Waals surface area contributed by atoms with Crippen LogP contribution >= 0.6 is 0 Å². The summed E-state index contributed by atoms with van der Waals surface area (Å²) < 4.78 is 17.9. The highest BCUT2D eigenvalue weighted by Crippen LogP contribution is 2.26. The van der Waals surface area contributed by atoms with Crippen molar-refractivity contribution < 1.29 is 4.39 Å². The van der Waals surface area contributed by atoms with Crippen molar-refractivity contribution in [1.29, 1.82) is 0 Å². The summed E-state index contributed by atoms with van der Waals surface area (Å²) >= 11 is 0. The van der Waals surface area contributed by atoms with Gasteiger partial charge in [-0.2, -0.15) is 4.98 Å². The van der Waals surface area contributed by atoms with E-state index >= 15 is 0 Å². The van der Waals surface area contributed by atoms with Crippen LogP contribution in [0.25, 0.3) is 16.9 Å². The van der Waals surface area contributed by atoms with Gasteiger partial charge in [0.25, 0.3) is 5.56 Å². The predicted molar refractivity (Wildman–Crippen MR) is 145 cm³/mol. The Morgan fingerprint density at radius 3 is 2.35 bits per heavy atom. The number of aromatic nitrogens is 5. The fourth-order valence-electron chi connectivity index (χ4n) is 4.57. The second-order valence-corrected chi connectivity index (χ2v) is 10.3. The first-order valence-electron chi connectivity index (χ1n) is 12.6. The van der Waals surface area contributed by atoms with Gasteiger partial charge in [-0.1, -0.05) is 6.07 Å². The van der Waals surface area contributed by atoms with Crippen LogP contribution in [0.4, 0.5) is 21.7 Å². The first-order valence-corrected chi connectivity index (χ1v) is 12.6. The van der Waals surface area contributed by atoms with Gasteiger partial charge in [-0.15, -0.1) is 0 Å². The lowest BCUT2D eigenvalue weighted by atomic mass is 10.1. The lowest BCUT2D eigenvalue weighted by Gasteiger charge is -2.34. The fourth-order valence-corrected chi connectivity index (χ4v) is 4.57. The van der Waals surface area contributed by atoms with Gasteiger partial charge in [-0.3, -0.25) is 4.79 Å². The molecule has 1 saturated heterocycles. The molecule has 0 atom stereocenters. The van der Waals surface area contributed by atoms with Gasteiger partial charge in [0.2, 0.25) is 5.95 Å². The van der Waals surface area contributed by atoms with Gasteiger partial charge in [0.1, 0.15) is 11.1 Å². The van der Waals surface area contributed by atoms with Crippen molar-refractivity contribution in [3.8, 4) is 5.82 Å². The van der Waals surface area contributed by atoms with Gasteiger partial charge in [-0.05, 0) is 71.1 Å². The molecule has 9 nitrogen and oxygen atoms in total. The minimum absolute atomic E-state index is 0.177. The maximum absolute atomic E-state index is 14.7. The van der Waals surface area contributed by atoms with E-state index in [2.05, 4.69) is 44.3 Å². The quantitative estimate of drug-likeness (QED) is 0.420. The molecule has 0 bridgehead atoms. The molecule has 1 aromatic carbocycles. The summed E-state index contributed by atoms with van der Waals surface area (Å²) in [5, 5.41) is 3.62. The topological polar surface area (TPSA) is 84.1 Å². The fraction of sp³-hybridized carbons (Fsp3) is 0.407. The molecule has 4 aromatic rings. The molecule has 194 valence electrons. The SMILES string of the molecule is CC(C)n1c(=O)c2cnc(Nc3ccc(N4CCN(C)CC4)cc3)nc2n1-c1cccc(C(C)(C)F)n1. The van der Waals surface area contributed by atoms with E-state index in [0.29, 0.717) is 22.8 Å². The zero-order chi connectivity index (χ0) is 26.3. The highest BCUT2D eigenvalue weighted by atomic mass is 19.1. The van der Waals surface area contributed by atoms with Crippen LogP contribution < -0.4 is 15.8 Å². The second kappa shape index (κ2) is 9.59. The normalized spacial score (nSPS) is 15.1. The number of halogens is 1. The molecule has 37 heavy (non-hydrogen) atoms. The number of nitrogens with one attached hydrogen (secondary N) is 1. The molecule has 0 unspecified atom stereocenters. The number of hydrogen-bond donors (Lipinski definition) is 1. The zero-order valence-electron chi connectivity index (χ0n) is 21.9. The molecule has 1 aliphatic heterocycles. The maximum Gasteiger partial charge on any atom is 0.278 e. The number of fused-ring (bicyclic) bond motifs is 1. The van der Waals surface area contributed by atoms with Gasteiger partial charge in [0.05, 0.1) is 5.69 Å². The number of rotatable bonds is 6. The van der Waals surface area contributed by atoms with Crippen molar-refractivity contribution >= 4 is 28.4 Å². The van der Waals surface area contributed by atoms with Crippen LogP contribution in [0.15, 0.2) is 53.5 Å². The minimum Gasteiger partial charge on any atom is -0.369 e. The van der Waals surface area contributed by atoms with Gasteiger partial charge >= 0.3 is 0 Å². The number of alkyl halides is 1. The van der Waals surface area contributed by atoms with Crippen molar-refractivity contribution in [2.45, 2.75) is 39.4 Å². The third kappa shape index (κ3) is 4.93. The van der Waals surface area contributed by atoms with E-state index in [-0.39, 0.29) is 17.3 Å². The molecular formula is C27H33FN8O. The van der Waals surface area contributed by atoms with Crippen LogP contribution in [-0.2, 0) is 5.67 Å². The van der Waals surface area contributed by atoms with Gasteiger partial charge in [0.15, 0.2) is 11.5 Å². The summed E-state index contributed by atoms with van der Waals surface area (Å²) in [6, 6.07) is 13.1. The Labute approximate surface area is 215 Å². The molecule has 1 aliphatic rings. The second-order valence-electron chi connectivity index (χ2n) is 10.3. The summed E-state index contributed by atoms with van der Waals surface area (Å²) in [5.41, 5.74) is 0.863. The largest absolute Gasteiger partial charge is 0.369 e. The number of hydrogen-bond acceptors (Lipinski definition) is 7. The molecule has 4 heterocycles. The highest BCUT2D eigenvalue weighted by molar-refractivity contribution is 5.77. The highest BCUT2D eigenvalue weighted by Gasteiger charge is 2.24. The molecule has 0 aliphatic carbocycles. The first-order chi connectivity index (χ1) is 17.6. The molecule has 1 N–H and O–H groups in total. The van der Waals surface area contributed by atoms with Crippen molar-refractivity contribution in [2.75, 3.05) is 43.4 Å². The average Bonchev–Trinajstić information content (AvgIpc) is 3.16. The van der Waals surface area contributed by atoms with Crippen LogP contribution in [0.5, 0.6) is 0 Å². The summed E-state index contributed by atoms with van der Waals surface area (Å²) in [4.78, 5) is 31.6. The van der Waals surface area contributed by atoms with E-state index in [1.54, 1.807) is 27.6 Å². The van der Waals surface area contributed by atoms with Crippen molar-refractivity contribution in [2.24, 2.45) is 0 Å². The van der Waals surface area contributed by atoms with Crippen LogP contribution in [-0.4, -0.2) is 62.4 Å². The Morgan fingerprint density at radius 1 is 1.00 bits per heavy atom. The Kier molecular flexibility index (Phi) is 6.45. The molecule has 5 rings (SSSR count). The smallest absolute Gasteiger partial charge is 0.278 e. The van der Waals surface area contributed by atoms with Gasteiger partial charge < -0.3 is 15.1 Å². The van der Waals surface area contributed by atoms with Crippen LogP contribution in [0.2, 0.25) is 0 Å². The number of anilines is 3. The Morgan fingerprint density at radius 2 is 1.70 bits per heavy atom.